The van der Waals surface area contributed by atoms with Gasteiger partial charge >= 0.3 is 0 Å². The topological polar surface area (TPSA) is 96.0 Å². The van der Waals surface area contributed by atoms with Crippen LogP contribution < -0.4 is 15.1 Å². The van der Waals surface area contributed by atoms with Crippen molar-refractivity contribution >= 4 is 40.9 Å². The van der Waals surface area contributed by atoms with Crippen molar-refractivity contribution in [2.24, 2.45) is 0 Å². The van der Waals surface area contributed by atoms with Gasteiger partial charge in [0.2, 0.25) is 5.91 Å². The second-order valence-corrected chi connectivity index (χ2v) is 8.06. The molecule has 1 heterocycles. The molecule has 0 radical (unpaired) electrons. The standard InChI is InChI=1S/C25H19ClFN3O5/c1-35-20-10-8-19(9-11-20)29-22(31)14-21(25(29)34)30(24(33)16-5-2-6-17(26)12-16)28-23(32)15-4-3-7-18(27)13-15/h2-13,21H,14H2,1H3,(H,28,32). The number of carbonyl (C=O) groups is 4. The lowest BCUT2D eigenvalue weighted by Gasteiger charge is -2.28. The molecule has 1 aliphatic heterocycles. The van der Waals surface area contributed by atoms with Crippen molar-refractivity contribution < 1.29 is 28.3 Å². The van der Waals surface area contributed by atoms with Gasteiger partial charge in [-0.1, -0.05) is 23.7 Å². The number of nitrogens with one attached hydrogen (secondary N) is 1. The molecule has 1 fully saturated rings. The van der Waals surface area contributed by atoms with Gasteiger partial charge in [-0.15, -0.1) is 0 Å². The van der Waals surface area contributed by atoms with Gasteiger partial charge in [0.05, 0.1) is 19.2 Å². The number of rotatable bonds is 5. The highest BCUT2D eigenvalue weighted by molar-refractivity contribution is 6.31. The summed E-state index contributed by atoms with van der Waals surface area (Å²) in [5, 5.41) is 1.06. The van der Waals surface area contributed by atoms with E-state index in [1.54, 1.807) is 18.2 Å². The number of amides is 4. The fourth-order valence-electron chi connectivity index (χ4n) is 3.65. The number of imide groups is 1. The number of anilines is 1. The van der Waals surface area contributed by atoms with Gasteiger partial charge in [-0.3, -0.25) is 24.6 Å². The summed E-state index contributed by atoms with van der Waals surface area (Å²) >= 11 is 6.01. The zero-order valence-corrected chi connectivity index (χ0v) is 19.2. The largest absolute Gasteiger partial charge is 0.497 e. The number of hydrogen-bond acceptors (Lipinski definition) is 5. The van der Waals surface area contributed by atoms with Gasteiger partial charge in [-0.2, -0.15) is 0 Å². The van der Waals surface area contributed by atoms with Crippen molar-refractivity contribution in [3.8, 4) is 5.75 Å². The highest BCUT2D eigenvalue weighted by atomic mass is 35.5. The number of hydrazine groups is 1. The van der Waals surface area contributed by atoms with E-state index in [4.69, 9.17) is 16.3 Å². The molecule has 10 heteroatoms. The van der Waals surface area contributed by atoms with Crippen molar-refractivity contribution in [2.45, 2.75) is 12.5 Å². The SMILES string of the molecule is COc1ccc(N2C(=O)CC(N(NC(=O)c3cccc(F)c3)C(=O)c3cccc(Cl)c3)C2=O)cc1. The Balaban J connectivity index is 1.68. The molecule has 4 amide bonds. The molecule has 1 N–H and O–H groups in total. The van der Waals surface area contributed by atoms with E-state index >= 15 is 0 Å². The summed E-state index contributed by atoms with van der Waals surface area (Å²) in [4.78, 5) is 53.3. The van der Waals surface area contributed by atoms with E-state index in [-0.39, 0.29) is 28.3 Å². The number of methoxy groups -OCH3 is 1. The zero-order valence-electron chi connectivity index (χ0n) is 18.4. The van der Waals surface area contributed by atoms with Crippen molar-refractivity contribution in [1.29, 1.82) is 0 Å². The average molecular weight is 496 g/mol. The van der Waals surface area contributed by atoms with E-state index in [1.807, 2.05) is 0 Å². The van der Waals surface area contributed by atoms with Gasteiger partial charge in [-0.25, -0.2) is 14.3 Å². The van der Waals surface area contributed by atoms with Crippen LogP contribution in [-0.2, 0) is 9.59 Å². The molecule has 1 aliphatic rings. The molecular weight excluding hydrogens is 477 g/mol. The molecule has 1 unspecified atom stereocenters. The normalized spacial score (nSPS) is 15.2. The van der Waals surface area contributed by atoms with Crippen LogP contribution in [0, 0.1) is 5.82 Å². The molecule has 1 saturated heterocycles. The van der Waals surface area contributed by atoms with Crippen LogP contribution >= 0.6 is 11.6 Å². The molecule has 3 aromatic carbocycles. The average Bonchev–Trinajstić information content (AvgIpc) is 3.15. The minimum Gasteiger partial charge on any atom is -0.497 e. The lowest BCUT2D eigenvalue weighted by Crippen LogP contribution is -2.54. The van der Waals surface area contributed by atoms with Crippen LogP contribution in [0.4, 0.5) is 10.1 Å². The monoisotopic (exact) mass is 495 g/mol. The molecule has 8 nitrogen and oxygen atoms in total. The third-order valence-electron chi connectivity index (χ3n) is 5.36. The molecule has 0 aliphatic carbocycles. The summed E-state index contributed by atoms with van der Waals surface area (Å²) in [5.74, 6) is -2.99. The summed E-state index contributed by atoms with van der Waals surface area (Å²) in [7, 11) is 1.48. The predicted octanol–water partition coefficient (Wildman–Crippen LogP) is 3.61. The van der Waals surface area contributed by atoms with Gasteiger partial charge in [-0.05, 0) is 60.7 Å². The van der Waals surface area contributed by atoms with Gasteiger partial charge < -0.3 is 4.74 Å². The quantitative estimate of drug-likeness (QED) is 0.431. The second-order valence-electron chi connectivity index (χ2n) is 7.62. The minimum absolute atomic E-state index is 0.0716. The van der Waals surface area contributed by atoms with Crippen molar-refractivity contribution in [2.75, 3.05) is 12.0 Å². The highest BCUT2D eigenvalue weighted by Gasteiger charge is 2.45. The van der Waals surface area contributed by atoms with Crippen molar-refractivity contribution in [3.05, 3.63) is 94.8 Å². The summed E-state index contributed by atoms with van der Waals surface area (Å²) < 4.78 is 18.8. The smallest absolute Gasteiger partial charge is 0.273 e. The van der Waals surface area contributed by atoms with E-state index in [1.165, 1.54) is 49.6 Å². The zero-order chi connectivity index (χ0) is 25.1. The van der Waals surface area contributed by atoms with Crippen LogP contribution in [0.5, 0.6) is 5.75 Å². The van der Waals surface area contributed by atoms with Crippen LogP contribution in [0.25, 0.3) is 0 Å². The molecule has 35 heavy (non-hydrogen) atoms. The number of carbonyl (C=O) groups excluding carboxylic acids is 4. The Kier molecular flexibility index (Phi) is 6.79. The number of hydrogen-bond donors (Lipinski definition) is 1. The number of ether oxygens (including phenoxy) is 1. The Bertz CT molecular complexity index is 1310. The van der Waals surface area contributed by atoms with Crippen LogP contribution in [0.2, 0.25) is 5.02 Å². The maximum atomic E-state index is 13.7. The van der Waals surface area contributed by atoms with E-state index < -0.39 is 35.5 Å². The Morgan fingerprint density at radius 3 is 2.37 bits per heavy atom. The fraction of sp³-hybridized carbons (Fsp3) is 0.120. The van der Waals surface area contributed by atoms with Crippen molar-refractivity contribution in [1.82, 2.24) is 10.4 Å². The first-order chi connectivity index (χ1) is 16.8. The van der Waals surface area contributed by atoms with Gasteiger partial charge in [0, 0.05) is 16.1 Å². The molecule has 0 saturated carbocycles. The third-order valence-corrected chi connectivity index (χ3v) is 5.60. The lowest BCUT2D eigenvalue weighted by molar-refractivity contribution is -0.122. The van der Waals surface area contributed by atoms with Crippen LogP contribution in [-0.4, -0.2) is 41.8 Å². The number of halogens is 2. The first kappa shape index (κ1) is 23.9. The highest BCUT2D eigenvalue weighted by Crippen LogP contribution is 2.28. The Morgan fingerprint density at radius 2 is 1.71 bits per heavy atom. The van der Waals surface area contributed by atoms with Gasteiger partial charge in [0.25, 0.3) is 17.7 Å². The second kappa shape index (κ2) is 9.94. The predicted molar refractivity (Wildman–Crippen MR) is 125 cm³/mol. The fourth-order valence-corrected chi connectivity index (χ4v) is 3.84. The summed E-state index contributed by atoms with van der Waals surface area (Å²) in [5.41, 5.74) is 2.68. The number of benzene rings is 3. The molecule has 0 spiro atoms. The number of nitrogens with zero attached hydrogens (tertiary/aromatic N) is 2. The summed E-state index contributed by atoms with van der Waals surface area (Å²) in [6.45, 7) is 0. The minimum atomic E-state index is -1.34. The van der Waals surface area contributed by atoms with E-state index in [0.29, 0.717) is 5.75 Å². The molecule has 3 aromatic rings. The first-order valence-corrected chi connectivity index (χ1v) is 10.8. The summed E-state index contributed by atoms with van der Waals surface area (Å²) in [6.07, 6.45) is -0.374. The van der Waals surface area contributed by atoms with Gasteiger partial charge in [0.15, 0.2) is 0 Å². The summed E-state index contributed by atoms with van der Waals surface area (Å²) in [6, 6.07) is 15.7. The maximum absolute atomic E-state index is 13.7. The molecule has 1 atom stereocenters. The van der Waals surface area contributed by atoms with Crippen molar-refractivity contribution in [3.63, 3.8) is 0 Å². The molecular formula is C25H19ClFN3O5. The Hall–Kier alpha value is -4.24. The maximum Gasteiger partial charge on any atom is 0.273 e. The van der Waals surface area contributed by atoms with Crippen LogP contribution in [0.3, 0.4) is 0 Å². The van der Waals surface area contributed by atoms with E-state index in [9.17, 15) is 23.6 Å². The Morgan fingerprint density at radius 1 is 1.03 bits per heavy atom. The Labute approximate surface area is 204 Å². The molecule has 4 rings (SSSR count). The molecule has 178 valence electrons. The first-order valence-electron chi connectivity index (χ1n) is 10.4. The van der Waals surface area contributed by atoms with Gasteiger partial charge in [0.1, 0.15) is 17.6 Å². The van der Waals surface area contributed by atoms with Crippen LogP contribution in [0.15, 0.2) is 72.8 Å². The molecule has 0 aromatic heterocycles. The molecule has 0 bridgehead atoms. The van der Waals surface area contributed by atoms with E-state index in [0.717, 1.165) is 22.0 Å². The lowest BCUT2D eigenvalue weighted by atomic mass is 10.1. The third kappa shape index (κ3) is 4.99. The van der Waals surface area contributed by atoms with E-state index in [2.05, 4.69) is 5.43 Å². The van der Waals surface area contributed by atoms with Crippen LogP contribution in [0.1, 0.15) is 27.1 Å².